The molecule has 6 heteroatoms. The number of Topliss-reactive ketones (excluding diaryl/α,β-unsaturated/α-hetero) is 1. The average molecular weight is 689 g/mol. The summed E-state index contributed by atoms with van der Waals surface area (Å²) in [4.78, 5) is 35.0. The van der Waals surface area contributed by atoms with Crippen molar-refractivity contribution in [2.45, 2.75) is 182 Å². The predicted octanol–water partition coefficient (Wildman–Crippen LogP) is 11.6. The molecule has 0 aliphatic heterocycles. The van der Waals surface area contributed by atoms with Crippen LogP contribution in [0.5, 0.6) is 0 Å². The Kier molecular flexibility index (Phi) is 34.0. The number of ether oxygens (including phenoxy) is 2. The second kappa shape index (κ2) is 35.6. The first-order valence-corrected chi connectivity index (χ1v) is 20.1. The van der Waals surface area contributed by atoms with Crippen LogP contribution in [0.2, 0.25) is 0 Å². The number of aliphatic hydroxyl groups excluding tert-OH is 1. The van der Waals surface area contributed by atoms with Gasteiger partial charge in [0.1, 0.15) is 5.78 Å². The van der Waals surface area contributed by atoms with Crippen LogP contribution >= 0.6 is 0 Å². The lowest BCUT2D eigenvalue weighted by molar-refractivity contribution is -0.144. The number of aliphatic hydroxyl groups is 1. The highest BCUT2D eigenvalue weighted by molar-refractivity contribution is 5.75. The van der Waals surface area contributed by atoms with Gasteiger partial charge in [-0.3, -0.25) is 9.59 Å². The summed E-state index contributed by atoms with van der Waals surface area (Å²) in [6, 6.07) is 0. The number of esters is 2. The van der Waals surface area contributed by atoms with Crippen LogP contribution in [0.3, 0.4) is 0 Å². The van der Waals surface area contributed by atoms with Crippen molar-refractivity contribution in [1.82, 2.24) is 0 Å². The number of allylic oxidation sites excluding steroid dienone is 6. The predicted molar refractivity (Wildman–Crippen MR) is 205 cm³/mol. The first-order valence-electron chi connectivity index (χ1n) is 20.1. The molecule has 0 spiro atoms. The minimum absolute atomic E-state index is 0.0760. The second-order valence-corrected chi connectivity index (χ2v) is 14.5. The molecule has 0 radical (unpaired) electrons. The molecule has 0 heterocycles. The van der Waals surface area contributed by atoms with Crippen LogP contribution in [0.4, 0.5) is 0 Å². The van der Waals surface area contributed by atoms with E-state index in [-0.39, 0.29) is 17.7 Å². The van der Waals surface area contributed by atoms with E-state index in [0.717, 1.165) is 103 Å². The Morgan fingerprint density at radius 2 is 0.776 bits per heavy atom. The highest BCUT2D eigenvalue weighted by Crippen LogP contribution is 2.17. The summed E-state index contributed by atoms with van der Waals surface area (Å²) < 4.78 is 10.9. The molecular formula is C43H76O6. The highest BCUT2D eigenvalue weighted by Gasteiger charge is 2.07. The molecule has 1 unspecified atom stereocenters. The third-order valence-electron chi connectivity index (χ3n) is 9.17. The summed E-state index contributed by atoms with van der Waals surface area (Å²) in [6.07, 6.45) is 36.9. The first kappa shape index (κ1) is 46.8. The van der Waals surface area contributed by atoms with Crippen LogP contribution in [0.25, 0.3) is 0 Å². The van der Waals surface area contributed by atoms with E-state index in [1.165, 1.54) is 32.1 Å². The summed E-state index contributed by atoms with van der Waals surface area (Å²) >= 11 is 0. The maximum absolute atomic E-state index is 12.0. The maximum atomic E-state index is 12.0. The summed E-state index contributed by atoms with van der Waals surface area (Å²) in [7, 11) is 0. The largest absolute Gasteiger partial charge is 0.466 e. The normalized spacial score (nSPS) is 13.7. The van der Waals surface area contributed by atoms with Crippen LogP contribution in [-0.2, 0) is 23.9 Å². The van der Waals surface area contributed by atoms with Gasteiger partial charge in [-0.15, -0.1) is 0 Å². The zero-order chi connectivity index (χ0) is 36.2. The lowest BCUT2D eigenvalue weighted by atomic mass is 9.99. The Labute approximate surface area is 302 Å². The van der Waals surface area contributed by atoms with Crippen molar-refractivity contribution in [3.63, 3.8) is 0 Å². The molecule has 0 aliphatic rings. The maximum Gasteiger partial charge on any atom is 0.305 e. The molecule has 0 amide bonds. The van der Waals surface area contributed by atoms with Gasteiger partial charge < -0.3 is 19.4 Å². The Hall–Kier alpha value is -2.21. The fraction of sp³-hybridized carbons (Fsp3) is 0.791. The smallest absolute Gasteiger partial charge is 0.305 e. The van der Waals surface area contributed by atoms with Gasteiger partial charge in [-0.2, -0.15) is 0 Å². The molecule has 0 aromatic rings. The monoisotopic (exact) mass is 689 g/mol. The van der Waals surface area contributed by atoms with E-state index < -0.39 is 0 Å². The van der Waals surface area contributed by atoms with Gasteiger partial charge in [-0.05, 0) is 140 Å². The van der Waals surface area contributed by atoms with E-state index in [2.05, 4.69) is 57.2 Å². The second-order valence-electron chi connectivity index (χ2n) is 14.5. The molecule has 284 valence electrons. The number of hydrogen-bond acceptors (Lipinski definition) is 6. The number of hydrogen-bond donors (Lipinski definition) is 1. The average Bonchev–Trinajstić information content (AvgIpc) is 3.07. The van der Waals surface area contributed by atoms with Crippen molar-refractivity contribution < 1.29 is 29.0 Å². The molecular weight excluding hydrogens is 612 g/mol. The first-order chi connectivity index (χ1) is 23.7. The Morgan fingerprint density at radius 3 is 1.12 bits per heavy atom. The minimum Gasteiger partial charge on any atom is -0.466 e. The SMILES string of the molecule is CC(=O)CCC/C=C\CCC[C@H](C)CCCOC(=O)CCC/C=C\CCCC(C)CCCOC(=O)CCC/C=C\CCC[C@H](C)CCCO. The van der Waals surface area contributed by atoms with Crippen molar-refractivity contribution >= 4 is 17.7 Å². The lowest BCUT2D eigenvalue weighted by Crippen LogP contribution is -2.07. The molecule has 0 bridgehead atoms. The van der Waals surface area contributed by atoms with Gasteiger partial charge in [0.25, 0.3) is 0 Å². The van der Waals surface area contributed by atoms with Crippen LogP contribution < -0.4 is 0 Å². The Morgan fingerprint density at radius 1 is 0.469 bits per heavy atom. The summed E-state index contributed by atoms with van der Waals surface area (Å²) in [5, 5.41) is 8.90. The molecule has 0 saturated heterocycles. The zero-order valence-corrected chi connectivity index (χ0v) is 32.3. The molecule has 0 aliphatic carbocycles. The van der Waals surface area contributed by atoms with Crippen LogP contribution in [0.15, 0.2) is 36.5 Å². The zero-order valence-electron chi connectivity index (χ0n) is 32.3. The minimum atomic E-state index is -0.0778. The number of rotatable bonds is 35. The van der Waals surface area contributed by atoms with Gasteiger partial charge in [0, 0.05) is 25.9 Å². The van der Waals surface area contributed by atoms with Crippen molar-refractivity contribution in [2.24, 2.45) is 17.8 Å². The number of ketones is 1. The topological polar surface area (TPSA) is 89.9 Å². The summed E-state index contributed by atoms with van der Waals surface area (Å²) in [6.45, 7) is 9.82. The van der Waals surface area contributed by atoms with Gasteiger partial charge in [0.05, 0.1) is 13.2 Å². The molecule has 1 N–H and O–H groups in total. The van der Waals surface area contributed by atoms with Gasteiger partial charge in [0.15, 0.2) is 0 Å². The Balaban J connectivity index is 3.56. The number of unbranched alkanes of at least 4 members (excludes halogenated alkanes) is 6. The summed E-state index contributed by atoms with van der Waals surface area (Å²) in [5.41, 5.74) is 0. The van der Waals surface area contributed by atoms with E-state index >= 15 is 0 Å². The molecule has 0 aromatic heterocycles. The van der Waals surface area contributed by atoms with Crippen LogP contribution in [-0.4, -0.2) is 42.6 Å². The fourth-order valence-electron chi connectivity index (χ4n) is 5.91. The van der Waals surface area contributed by atoms with Crippen molar-refractivity contribution in [1.29, 1.82) is 0 Å². The lowest BCUT2D eigenvalue weighted by Gasteiger charge is -2.11. The van der Waals surface area contributed by atoms with Crippen molar-refractivity contribution in [2.75, 3.05) is 19.8 Å². The molecule has 0 rings (SSSR count). The van der Waals surface area contributed by atoms with E-state index in [0.29, 0.717) is 56.8 Å². The van der Waals surface area contributed by atoms with Crippen molar-refractivity contribution in [3.05, 3.63) is 36.5 Å². The fourth-order valence-corrected chi connectivity index (χ4v) is 5.91. The van der Waals surface area contributed by atoms with E-state index in [1.54, 1.807) is 6.92 Å². The Bertz CT molecular complexity index is 876. The van der Waals surface area contributed by atoms with Gasteiger partial charge in [-0.1, -0.05) is 76.5 Å². The van der Waals surface area contributed by atoms with Gasteiger partial charge in [-0.25, -0.2) is 0 Å². The quantitative estimate of drug-likeness (QED) is 0.0405. The van der Waals surface area contributed by atoms with E-state index in [9.17, 15) is 14.4 Å². The third-order valence-corrected chi connectivity index (χ3v) is 9.17. The van der Waals surface area contributed by atoms with E-state index in [1.807, 2.05) is 0 Å². The van der Waals surface area contributed by atoms with Gasteiger partial charge >= 0.3 is 11.9 Å². The van der Waals surface area contributed by atoms with E-state index in [4.69, 9.17) is 14.6 Å². The molecule has 0 aromatic carbocycles. The number of carbonyl (C=O) groups is 3. The van der Waals surface area contributed by atoms with Gasteiger partial charge in [0.2, 0.25) is 0 Å². The van der Waals surface area contributed by atoms with Crippen molar-refractivity contribution in [3.8, 4) is 0 Å². The highest BCUT2D eigenvalue weighted by atomic mass is 16.5. The molecule has 0 fully saturated rings. The summed E-state index contributed by atoms with van der Waals surface area (Å²) in [5.74, 6) is 2.08. The van der Waals surface area contributed by atoms with Crippen LogP contribution in [0.1, 0.15) is 182 Å². The van der Waals surface area contributed by atoms with Crippen LogP contribution in [0, 0.1) is 17.8 Å². The standard InChI is InChI=1S/C43H76O6/c1-38(29-23-35-44)26-17-12-6-9-15-21-33-42(46)49-37-25-31-40(3)28-19-13-7-10-16-22-34-43(47)48-36-24-30-39(2)27-18-11-5-8-14-20-32-41(4)45/h5-10,38-40,44H,11-37H2,1-4H3/b8-5-,9-6-,10-7-/t38-,39-,40?/m0/s1. The third kappa shape index (κ3) is 36.9. The molecule has 6 nitrogen and oxygen atoms in total. The molecule has 49 heavy (non-hydrogen) atoms. The molecule has 0 saturated carbocycles. The molecule has 3 atom stereocenters. The number of carbonyl (C=O) groups excluding carboxylic acids is 3.